The molecule has 0 spiro atoms. The monoisotopic (exact) mass is 200 g/mol. The number of benzene rings is 1. The van der Waals surface area contributed by atoms with E-state index in [-0.39, 0.29) is 0 Å². The van der Waals surface area contributed by atoms with Crippen molar-refractivity contribution in [1.29, 1.82) is 5.26 Å². The van der Waals surface area contributed by atoms with Crippen molar-refractivity contribution in [3.63, 3.8) is 0 Å². The third-order valence-corrected chi connectivity index (χ3v) is 2.19. The molecule has 0 saturated heterocycles. The Balaban J connectivity index is 2.51. The molecular formula is C13H16N2. The van der Waals surface area contributed by atoms with E-state index in [0.29, 0.717) is 6.54 Å². The standard InChI is InChI=1S/C13H16N2/c1-2-3-10-15(11-9-14)12-13-7-5-4-6-8-13/h2,4-8H,1,3,10-12H2. The van der Waals surface area contributed by atoms with Crippen molar-refractivity contribution in [2.75, 3.05) is 13.1 Å². The highest BCUT2D eigenvalue weighted by molar-refractivity contribution is 5.14. The van der Waals surface area contributed by atoms with Gasteiger partial charge in [-0.2, -0.15) is 5.26 Å². The molecule has 0 aromatic heterocycles. The van der Waals surface area contributed by atoms with Crippen LogP contribution in [0, 0.1) is 11.3 Å². The molecule has 2 nitrogen and oxygen atoms in total. The van der Waals surface area contributed by atoms with Gasteiger partial charge in [0.1, 0.15) is 0 Å². The van der Waals surface area contributed by atoms with Crippen LogP contribution in [0.2, 0.25) is 0 Å². The summed E-state index contributed by atoms with van der Waals surface area (Å²) in [4.78, 5) is 2.12. The van der Waals surface area contributed by atoms with Crippen LogP contribution in [-0.4, -0.2) is 18.0 Å². The number of nitriles is 1. The van der Waals surface area contributed by atoms with Crippen LogP contribution >= 0.6 is 0 Å². The highest BCUT2D eigenvalue weighted by Gasteiger charge is 2.03. The topological polar surface area (TPSA) is 27.0 Å². The normalized spacial score (nSPS) is 9.87. The van der Waals surface area contributed by atoms with Crippen LogP contribution in [0.1, 0.15) is 12.0 Å². The minimum absolute atomic E-state index is 0.475. The molecule has 15 heavy (non-hydrogen) atoms. The van der Waals surface area contributed by atoms with Gasteiger partial charge < -0.3 is 0 Å². The number of hydrogen-bond donors (Lipinski definition) is 0. The van der Waals surface area contributed by atoms with Crippen LogP contribution in [0.3, 0.4) is 0 Å². The number of rotatable bonds is 6. The van der Waals surface area contributed by atoms with Crippen molar-refractivity contribution < 1.29 is 0 Å². The lowest BCUT2D eigenvalue weighted by Gasteiger charge is -2.17. The second-order valence-corrected chi connectivity index (χ2v) is 3.43. The van der Waals surface area contributed by atoms with Gasteiger partial charge in [0.15, 0.2) is 0 Å². The zero-order valence-electron chi connectivity index (χ0n) is 8.89. The Morgan fingerprint density at radius 2 is 2.07 bits per heavy atom. The Bertz CT molecular complexity index is 324. The first-order valence-corrected chi connectivity index (χ1v) is 5.11. The first-order chi connectivity index (χ1) is 7.36. The van der Waals surface area contributed by atoms with Crippen LogP contribution in [0.4, 0.5) is 0 Å². The van der Waals surface area contributed by atoms with E-state index in [1.54, 1.807) is 0 Å². The SMILES string of the molecule is C=CCCN(CC#N)Cc1ccccc1. The Morgan fingerprint density at radius 3 is 2.67 bits per heavy atom. The first kappa shape index (κ1) is 11.5. The zero-order valence-corrected chi connectivity index (χ0v) is 8.89. The van der Waals surface area contributed by atoms with E-state index in [2.05, 4.69) is 29.7 Å². The molecule has 0 atom stereocenters. The number of hydrogen-bond acceptors (Lipinski definition) is 2. The van der Waals surface area contributed by atoms with E-state index < -0.39 is 0 Å². The van der Waals surface area contributed by atoms with Crippen LogP contribution in [-0.2, 0) is 6.54 Å². The maximum atomic E-state index is 8.70. The van der Waals surface area contributed by atoms with Crippen molar-refractivity contribution in [2.24, 2.45) is 0 Å². The largest absolute Gasteiger partial charge is 0.286 e. The predicted molar refractivity (Wildman–Crippen MR) is 62.1 cm³/mol. The highest BCUT2D eigenvalue weighted by atomic mass is 15.1. The van der Waals surface area contributed by atoms with Gasteiger partial charge in [-0.1, -0.05) is 36.4 Å². The van der Waals surface area contributed by atoms with Crippen molar-refractivity contribution in [3.05, 3.63) is 48.6 Å². The lowest BCUT2D eigenvalue weighted by Crippen LogP contribution is -2.24. The predicted octanol–water partition coefficient (Wildman–Crippen LogP) is 2.59. The van der Waals surface area contributed by atoms with Gasteiger partial charge in [0.25, 0.3) is 0 Å². The summed E-state index contributed by atoms with van der Waals surface area (Å²) in [7, 11) is 0. The van der Waals surface area contributed by atoms with Gasteiger partial charge in [0.2, 0.25) is 0 Å². The summed E-state index contributed by atoms with van der Waals surface area (Å²) in [5.74, 6) is 0. The quantitative estimate of drug-likeness (QED) is 0.521. The fourth-order valence-corrected chi connectivity index (χ4v) is 1.43. The Morgan fingerprint density at radius 1 is 1.33 bits per heavy atom. The van der Waals surface area contributed by atoms with Gasteiger partial charge in [-0.3, -0.25) is 4.90 Å². The maximum absolute atomic E-state index is 8.70. The third-order valence-electron chi connectivity index (χ3n) is 2.19. The van der Waals surface area contributed by atoms with Gasteiger partial charge in [-0.15, -0.1) is 6.58 Å². The summed E-state index contributed by atoms with van der Waals surface area (Å²) in [5, 5.41) is 8.70. The zero-order chi connectivity index (χ0) is 10.9. The molecule has 0 radical (unpaired) electrons. The van der Waals surface area contributed by atoms with Crippen LogP contribution in [0.25, 0.3) is 0 Å². The smallest absolute Gasteiger partial charge is 0.0868 e. The van der Waals surface area contributed by atoms with Gasteiger partial charge in [-0.05, 0) is 12.0 Å². The molecule has 0 N–H and O–H groups in total. The van der Waals surface area contributed by atoms with Crippen LogP contribution in [0.5, 0.6) is 0 Å². The summed E-state index contributed by atoms with van der Waals surface area (Å²) in [6, 6.07) is 12.4. The Hall–Kier alpha value is -1.59. The molecule has 0 aliphatic carbocycles. The Kier molecular flexibility index (Phi) is 5.21. The highest BCUT2D eigenvalue weighted by Crippen LogP contribution is 2.04. The lowest BCUT2D eigenvalue weighted by atomic mass is 10.2. The summed E-state index contributed by atoms with van der Waals surface area (Å²) >= 11 is 0. The fraction of sp³-hybridized carbons (Fsp3) is 0.308. The average molecular weight is 200 g/mol. The van der Waals surface area contributed by atoms with E-state index in [4.69, 9.17) is 5.26 Å². The van der Waals surface area contributed by atoms with Crippen molar-refractivity contribution >= 4 is 0 Å². The molecule has 0 heterocycles. The van der Waals surface area contributed by atoms with Gasteiger partial charge in [-0.25, -0.2) is 0 Å². The van der Waals surface area contributed by atoms with E-state index in [1.165, 1.54) is 5.56 Å². The molecule has 2 heteroatoms. The van der Waals surface area contributed by atoms with Gasteiger partial charge >= 0.3 is 0 Å². The second kappa shape index (κ2) is 6.80. The molecule has 1 aromatic carbocycles. The Labute approximate surface area is 91.4 Å². The van der Waals surface area contributed by atoms with Crippen LogP contribution < -0.4 is 0 Å². The molecule has 0 bridgehead atoms. The minimum Gasteiger partial charge on any atom is -0.286 e. The van der Waals surface area contributed by atoms with Crippen molar-refractivity contribution in [1.82, 2.24) is 4.90 Å². The molecular weight excluding hydrogens is 184 g/mol. The summed E-state index contributed by atoms with van der Waals surface area (Å²) in [5.41, 5.74) is 1.25. The molecule has 0 saturated carbocycles. The number of nitrogens with zero attached hydrogens (tertiary/aromatic N) is 2. The van der Waals surface area contributed by atoms with Gasteiger partial charge in [0, 0.05) is 13.1 Å². The van der Waals surface area contributed by atoms with E-state index in [9.17, 15) is 0 Å². The van der Waals surface area contributed by atoms with Crippen molar-refractivity contribution in [3.8, 4) is 6.07 Å². The molecule has 0 fully saturated rings. The molecule has 0 unspecified atom stereocenters. The van der Waals surface area contributed by atoms with E-state index >= 15 is 0 Å². The van der Waals surface area contributed by atoms with Crippen molar-refractivity contribution in [2.45, 2.75) is 13.0 Å². The average Bonchev–Trinajstić information content (AvgIpc) is 2.28. The summed E-state index contributed by atoms with van der Waals surface area (Å²) in [6.45, 7) is 5.90. The first-order valence-electron chi connectivity index (χ1n) is 5.11. The molecule has 1 rings (SSSR count). The lowest BCUT2D eigenvalue weighted by molar-refractivity contribution is 0.304. The summed E-state index contributed by atoms with van der Waals surface area (Å²) < 4.78 is 0. The maximum Gasteiger partial charge on any atom is 0.0868 e. The third kappa shape index (κ3) is 4.44. The minimum atomic E-state index is 0.475. The van der Waals surface area contributed by atoms with Crippen LogP contribution in [0.15, 0.2) is 43.0 Å². The molecule has 0 aliphatic heterocycles. The molecule has 0 amide bonds. The summed E-state index contributed by atoms with van der Waals surface area (Å²) in [6.07, 6.45) is 2.81. The van der Waals surface area contributed by atoms with Gasteiger partial charge in [0.05, 0.1) is 12.6 Å². The van der Waals surface area contributed by atoms with E-state index in [1.807, 2.05) is 24.3 Å². The second-order valence-electron chi connectivity index (χ2n) is 3.43. The van der Waals surface area contributed by atoms with E-state index in [0.717, 1.165) is 19.5 Å². The molecule has 1 aromatic rings. The molecule has 78 valence electrons. The fourth-order valence-electron chi connectivity index (χ4n) is 1.43. The molecule has 0 aliphatic rings.